The van der Waals surface area contributed by atoms with Gasteiger partial charge in [0, 0.05) is 22.1 Å². The summed E-state index contributed by atoms with van der Waals surface area (Å²) < 4.78 is 0. The fourth-order valence-corrected chi connectivity index (χ4v) is 3.92. The van der Waals surface area contributed by atoms with Gasteiger partial charge in [0.1, 0.15) is 11.8 Å². The summed E-state index contributed by atoms with van der Waals surface area (Å²) >= 11 is 0. The predicted molar refractivity (Wildman–Crippen MR) is 146 cm³/mol. The number of aromatic amines is 2. The van der Waals surface area contributed by atoms with E-state index in [1.165, 1.54) is 12.1 Å². The number of carboxylic acids is 1. The Bertz CT molecular complexity index is 1490. The van der Waals surface area contributed by atoms with Crippen molar-refractivity contribution in [2.45, 2.75) is 12.5 Å². The van der Waals surface area contributed by atoms with Gasteiger partial charge in [0.05, 0.1) is 22.8 Å². The molecule has 3 aromatic heterocycles. The smallest absolute Gasteiger partial charge is 0.320 e. The van der Waals surface area contributed by atoms with Gasteiger partial charge in [0.25, 0.3) is 0 Å². The number of carbonyl (C=O) groups is 1. The van der Waals surface area contributed by atoms with Crippen molar-refractivity contribution in [1.29, 1.82) is 0 Å². The van der Waals surface area contributed by atoms with Crippen molar-refractivity contribution in [1.82, 2.24) is 19.9 Å². The molecule has 0 amide bonds. The quantitative estimate of drug-likeness (QED) is 0.236. The summed E-state index contributed by atoms with van der Waals surface area (Å²) in [6.07, 6.45) is 8.36. The van der Waals surface area contributed by atoms with Crippen LogP contribution in [-0.4, -0.2) is 42.2 Å². The highest BCUT2D eigenvalue weighted by Crippen LogP contribution is 2.17. The molecule has 0 saturated heterocycles. The molecule has 6 rings (SSSR count). The van der Waals surface area contributed by atoms with Crippen LogP contribution < -0.4 is 5.73 Å². The van der Waals surface area contributed by atoms with Gasteiger partial charge < -0.3 is 25.9 Å². The number of benzene rings is 1. The molecule has 2 aliphatic rings. The van der Waals surface area contributed by atoms with E-state index in [0.717, 1.165) is 50.4 Å². The highest BCUT2D eigenvalue weighted by molar-refractivity contribution is 5.77. The molecule has 1 aromatic carbocycles. The highest BCUT2D eigenvalue weighted by atomic mass is 16.4. The van der Waals surface area contributed by atoms with Crippen LogP contribution >= 0.6 is 0 Å². The molecule has 0 radical (unpaired) electrons. The van der Waals surface area contributed by atoms with E-state index in [9.17, 15) is 4.79 Å². The Kier molecular flexibility index (Phi) is 6.65. The van der Waals surface area contributed by atoms with E-state index >= 15 is 0 Å². The number of phenols is 1. The second-order valence-electron chi connectivity index (χ2n) is 8.72. The van der Waals surface area contributed by atoms with Crippen LogP contribution in [0.1, 0.15) is 28.3 Å². The fourth-order valence-electron chi connectivity index (χ4n) is 3.92. The maximum Gasteiger partial charge on any atom is 0.320 e. The van der Waals surface area contributed by atoms with E-state index in [4.69, 9.17) is 15.9 Å². The molecule has 2 aliphatic heterocycles. The largest absolute Gasteiger partial charge is 0.508 e. The maximum atomic E-state index is 10.4. The van der Waals surface area contributed by atoms with Crippen LogP contribution in [0.4, 0.5) is 0 Å². The van der Waals surface area contributed by atoms with E-state index in [0.29, 0.717) is 0 Å². The minimum Gasteiger partial charge on any atom is -0.508 e. The average Bonchev–Trinajstić information content (AvgIpc) is 3.67. The van der Waals surface area contributed by atoms with Gasteiger partial charge >= 0.3 is 5.97 Å². The van der Waals surface area contributed by atoms with Crippen LogP contribution in [0.25, 0.3) is 46.4 Å². The third kappa shape index (κ3) is 6.19. The number of aromatic hydroxyl groups is 1. The SMILES string of the molecule is C1=Cc2cc3ccc(cc4nc(cc5ccc(cc1n2)[nH]5)C=C4)[nH]3.NC(Cc1ccc(O)cc1)C(=O)O. The summed E-state index contributed by atoms with van der Waals surface area (Å²) in [5.41, 5.74) is 14.0. The number of H-pyrrole nitrogens is 2. The number of fused-ring (bicyclic) bond motifs is 8. The van der Waals surface area contributed by atoms with Crippen molar-refractivity contribution in [3.8, 4) is 5.75 Å². The van der Waals surface area contributed by atoms with Crippen molar-refractivity contribution >= 4 is 52.3 Å². The number of rotatable bonds is 3. The van der Waals surface area contributed by atoms with Crippen molar-refractivity contribution in [2.75, 3.05) is 0 Å². The Hall–Kier alpha value is -4.95. The molecule has 0 fully saturated rings. The lowest BCUT2D eigenvalue weighted by Gasteiger charge is -2.05. The Morgan fingerprint density at radius 1 is 0.703 bits per heavy atom. The van der Waals surface area contributed by atoms with Crippen molar-refractivity contribution in [3.63, 3.8) is 0 Å². The average molecular weight is 492 g/mol. The van der Waals surface area contributed by atoms with Gasteiger partial charge in [-0.15, -0.1) is 0 Å². The van der Waals surface area contributed by atoms with Gasteiger partial charge in [-0.1, -0.05) is 12.1 Å². The molecular formula is C29H25N5O3. The fraction of sp³-hybridized carbons (Fsp3) is 0.0690. The Balaban J connectivity index is 0.000000184. The van der Waals surface area contributed by atoms with E-state index in [1.54, 1.807) is 12.1 Å². The first kappa shape index (κ1) is 23.8. The zero-order chi connectivity index (χ0) is 25.8. The van der Waals surface area contributed by atoms with Crippen LogP contribution in [0.5, 0.6) is 5.75 Å². The standard InChI is InChI=1S/C20H14N4.C9H11NO3/c1-2-14-10-16-5-6-18(23-16)12-20-8-7-19(24-20)11-17-4-3-15(22-17)9-13(1)21-14;10-8(9(12)13)5-6-1-3-7(11)4-2-6/h1-12,21,24H;1-4,8,11H,5,10H2,(H,12,13). The number of hydrogen-bond donors (Lipinski definition) is 5. The monoisotopic (exact) mass is 491 g/mol. The minimum atomic E-state index is -1.02. The molecule has 37 heavy (non-hydrogen) atoms. The summed E-state index contributed by atoms with van der Waals surface area (Å²) in [7, 11) is 0. The van der Waals surface area contributed by atoms with Gasteiger partial charge in [-0.25, -0.2) is 9.97 Å². The summed E-state index contributed by atoms with van der Waals surface area (Å²) in [5.74, 6) is -0.860. The highest BCUT2D eigenvalue weighted by Gasteiger charge is 2.11. The van der Waals surface area contributed by atoms with Crippen LogP contribution in [0, 0.1) is 0 Å². The summed E-state index contributed by atoms with van der Waals surface area (Å²) in [6.45, 7) is 0. The third-order valence-electron chi connectivity index (χ3n) is 5.75. The van der Waals surface area contributed by atoms with Crippen LogP contribution in [0.2, 0.25) is 0 Å². The van der Waals surface area contributed by atoms with E-state index in [1.807, 2.05) is 48.6 Å². The zero-order valence-electron chi connectivity index (χ0n) is 19.8. The van der Waals surface area contributed by atoms with E-state index in [-0.39, 0.29) is 12.2 Å². The summed E-state index contributed by atoms with van der Waals surface area (Å²) in [5, 5.41) is 17.5. The Morgan fingerprint density at radius 2 is 1.08 bits per heavy atom. The molecule has 1 atom stereocenters. The van der Waals surface area contributed by atoms with E-state index in [2.05, 4.69) is 44.2 Å². The molecule has 0 aliphatic carbocycles. The second kappa shape index (κ2) is 10.3. The van der Waals surface area contributed by atoms with Crippen molar-refractivity contribution in [2.24, 2.45) is 5.73 Å². The van der Waals surface area contributed by atoms with Gasteiger partial charge in [-0.05, 0) is 97.0 Å². The lowest BCUT2D eigenvalue weighted by molar-refractivity contribution is -0.138. The van der Waals surface area contributed by atoms with Gasteiger partial charge in [0.2, 0.25) is 0 Å². The number of hydrogen-bond acceptors (Lipinski definition) is 5. The third-order valence-corrected chi connectivity index (χ3v) is 5.75. The predicted octanol–water partition coefficient (Wildman–Crippen LogP) is 5.00. The molecule has 0 saturated carbocycles. The normalized spacial score (nSPS) is 12.6. The summed E-state index contributed by atoms with van der Waals surface area (Å²) in [4.78, 5) is 26.4. The molecule has 8 bridgehead atoms. The molecule has 0 spiro atoms. The van der Waals surface area contributed by atoms with Crippen molar-refractivity contribution in [3.05, 3.63) is 101 Å². The zero-order valence-corrected chi connectivity index (χ0v) is 19.8. The summed E-state index contributed by atoms with van der Waals surface area (Å²) in [6, 6.07) is 21.8. The number of nitrogens with one attached hydrogen (secondary N) is 2. The van der Waals surface area contributed by atoms with Gasteiger partial charge in [-0.3, -0.25) is 4.79 Å². The molecule has 184 valence electrons. The number of nitrogens with zero attached hydrogens (tertiary/aromatic N) is 2. The first-order chi connectivity index (χ1) is 17.9. The van der Waals surface area contributed by atoms with Crippen molar-refractivity contribution < 1.29 is 15.0 Å². The number of nitrogens with two attached hydrogens (primary N) is 1. The molecule has 1 unspecified atom stereocenters. The topological polar surface area (TPSA) is 141 Å². The van der Waals surface area contributed by atoms with Crippen LogP contribution in [0.15, 0.2) is 72.8 Å². The lowest BCUT2D eigenvalue weighted by Crippen LogP contribution is -2.32. The van der Waals surface area contributed by atoms with Crippen LogP contribution in [0.3, 0.4) is 0 Å². The van der Waals surface area contributed by atoms with Gasteiger partial charge in [-0.2, -0.15) is 0 Å². The molecule has 8 nitrogen and oxygen atoms in total. The maximum absolute atomic E-state index is 10.4. The second-order valence-corrected chi connectivity index (χ2v) is 8.72. The van der Waals surface area contributed by atoms with Crippen LogP contribution in [-0.2, 0) is 11.2 Å². The number of carboxylic acid groups (broad SMARTS) is 1. The van der Waals surface area contributed by atoms with E-state index < -0.39 is 12.0 Å². The number of aromatic nitrogens is 4. The Morgan fingerprint density at radius 3 is 1.43 bits per heavy atom. The molecule has 4 aromatic rings. The number of aliphatic carboxylic acids is 1. The van der Waals surface area contributed by atoms with Gasteiger partial charge in [0.15, 0.2) is 0 Å². The molecule has 8 heteroatoms. The lowest BCUT2D eigenvalue weighted by atomic mass is 10.1. The minimum absolute atomic E-state index is 0.160. The molecular weight excluding hydrogens is 466 g/mol. The first-order valence-corrected chi connectivity index (χ1v) is 11.7. The molecule has 5 heterocycles. The first-order valence-electron chi connectivity index (χ1n) is 11.7. The molecule has 6 N–H and O–H groups in total. The Labute approximate surface area is 212 Å². The number of phenolic OH excluding ortho intramolecular Hbond substituents is 1.